The van der Waals surface area contributed by atoms with E-state index in [2.05, 4.69) is 9.72 Å². The van der Waals surface area contributed by atoms with E-state index in [4.69, 9.17) is 0 Å². The van der Waals surface area contributed by atoms with Crippen molar-refractivity contribution in [2.24, 2.45) is 0 Å². The van der Waals surface area contributed by atoms with Gasteiger partial charge in [0.25, 0.3) is 0 Å². The molecule has 0 saturated heterocycles. The third kappa shape index (κ3) is 3.76. The molecule has 1 aromatic carbocycles. The Morgan fingerprint density at radius 3 is 2.45 bits per heavy atom. The molecule has 8 heteroatoms. The Balaban J connectivity index is 2.07. The highest BCUT2D eigenvalue weighted by molar-refractivity contribution is 7.15. The Kier molecular flexibility index (Phi) is 4.70. The number of aromatic nitrogens is 1. The standard InChI is InChI=1S/C14H13F3N2O2S/c1-19(13-18-7-11(22-13)14(15,16)17)8-9-3-5-10(6-4-9)12(20)21-2/h3-7H,8H2,1-2H3. The van der Waals surface area contributed by atoms with Crippen LogP contribution in [0.1, 0.15) is 20.8 Å². The van der Waals surface area contributed by atoms with Crippen molar-refractivity contribution >= 4 is 22.4 Å². The predicted molar refractivity (Wildman–Crippen MR) is 77.0 cm³/mol. The molecular formula is C14H13F3N2O2S. The van der Waals surface area contributed by atoms with Crippen LogP contribution in [0.2, 0.25) is 0 Å². The van der Waals surface area contributed by atoms with Crippen molar-refractivity contribution in [3.8, 4) is 0 Å². The van der Waals surface area contributed by atoms with Crippen molar-refractivity contribution < 1.29 is 22.7 Å². The van der Waals surface area contributed by atoms with Gasteiger partial charge in [-0.2, -0.15) is 13.2 Å². The molecule has 0 spiro atoms. The first-order chi connectivity index (χ1) is 10.3. The summed E-state index contributed by atoms with van der Waals surface area (Å²) < 4.78 is 42.3. The normalized spacial score (nSPS) is 11.3. The summed E-state index contributed by atoms with van der Waals surface area (Å²) in [5.74, 6) is -0.436. The fourth-order valence-electron chi connectivity index (χ4n) is 1.78. The molecule has 2 rings (SSSR count). The van der Waals surface area contributed by atoms with Crippen LogP contribution in [-0.2, 0) is 17.5 Å². The number of carbonyl (C=O) groups is 1. The number of anilines is 1. The molecule has 0 bridgehead atoms. The molecule has 0 aliphatic rings. The number of rotatable bonds is 4. The van der Waals surface area contributed by atoms with Crippen LogP contribution in [0.5, 0.6) is 0 Å². The lowest BCUT2D eigenvalue weighted by Gasteiger charge is -2.15. The third-order valence-electron chi connectivity index (χ3n) is 2.89. The lowest BCUT2D eigenvalue weighted by Crippen LogP contribution is -2.16. The number of methoxy groups -OCH3 is 1. The van der Waals surface area contributed by atoms with Crippen LogP contribution in [-0.4, -0.2) is 25.1 Å². The first-order valence-corrected chi connectivity index (χ1v) is 7.04. The van der Waals surface area contributed by atoms with Crippen LogP contribution < -0.4 is 4.90 Å². The summed E-state index contributed by atoms with van der Waals surface area (Å²) >= 11 is 0.595. The Morgan fingerprint density at radius 2 is 1.95 bits per heavy atom. The molecule has 4 nitrogen and oxygen atoms in total. The van der Waals surface area contributed by atoms with E-state index >= 15 is 0 Å². The predicted octanol–water partition coefficient (Wildman–Crippen LogP) is 3.58. The minimum absolute atomic E-state index is 0.282. The summed E-state index contributed by atoms with van der Waals surface area (Å²) in [5, 5.41) is 0.282. The molecule has 0 saturated carbocycles. The highest BCUT2D eigenvalue weighted by atomic mass is 32.1. The molecule has 0 N–H and O–H groups in total. The third-order valence-corrected chi connectivity index (χ3v) is 4.05. The Labute approximate surface area is 129 Å². The topological polar surface area (TPSA) is 42.4 Å². The van der Waals surface area contributed by atoms with E-state index in [1.165, 1.54) is 7.11 Å². The maximum Gasteiger partial charge on any atom is 0.427 e. The fraction of sp³-hybridized carbons (Fsp3) is 0.286. The minimum atomic E-state index is -4.38. The van der Waals surface area contributed by atoms with Gasteiger partial charge in [-0.3, -0.25) is 0 Å². The zero-order valence-electron chi connectivity index (χ0n) is 11.8. The van der Waals surface area contributed by atoms with Crippen molar-refractivity contribution in [3.05, 3.63) is 46.5 Å². The summed E-state index contributed by atoms with van der Waals surface area (Å²) in [6.07, 6.45) is -3.55. The number of alkyl halides is 3. The van der Waals surface area contributed by atoms with Crippen LogP contribution in [0, 0.1) is 0 Å². The number of esters is 1. The average molecular weight is 330 g/mol. The van der Waals surface area contributed by atoms with Gasteiger partial charge in [-0.25, -0.2) is 9.78 Å². The molecule has 0 aliphatic carbocycles. The summed E-state index contributed by atoms with van der Waals surface area (Å²) in [5.41, 5.74) is 1.27. The summed E-state index contributed by atoms with van der Waals surface area (Å²) in [6.45, 7) is 0.381. The van der Waals surface area contributed by atoms with Gasteiger partial charge in [-0.15, -0.1) is 0 Å². The number of nitrogens with zero attached hydrogens (tertiary/aromatic N) is 2. The number of carbonyl (C=O) groups excluding carboxylic acids is 1. The minimum Gasteiger partial charge on any atom is -0.465 e. The zero-order valence-corrected chi connectivity index (χ0v) is 12.7. The van der Waals surface area contributed by atoms with Crippen molar-refractivity contribution in [3.63, 3.8) is 0 Å². The molecule has 1 heterocycles. The lowest BCUT2D eigenvalue weighted by molar-refractivity contribution is -0.134. The Morgan fingerprint density at radius 1 is 1.32 bits per heavy atom. The van der Waals surface area contributed by atoms with E-state index in [1.807, 2.05) is 0 Å². The second-order valence-electron chi connectivity index (χ2n) is 4.55. The highest BCUT2D eigenvalue weighted by Crippen LogP contribution is 2.36. The van der Waals surface area contributed by atoms with Gasteiger partial charge in [0.05, 0.1) is 18.9 Å². The van der Waals surface area contributed by atoms with Gasteiger partial charge < -0.3 is 9.64 Å². The summed E-state index contributed by atoms with van der Waals surface area (Å²) in [7, 11) is 2.96. The number of hydrogen-bond acceptors (Lipinski definition) is 5. The van der Waals surface area contributed by atoms with Crippen LogP contribution in [0.3, 0.4) is 0 Å². The first kappa shape index (κ1) is 16.3. The van der Waals surface area contributed by atoms with Crippen molar-refractivity contribution in [2.45, 2.75) is 12.7 Å². The first-order valence-electron chi connectivity index (χ1n) is 6.22. The molecular weight excluding hydrogens is 317 g/mol. The van der Waals surface area contributed by atoms with Gasteiger partial charge in [-0.1, -0.05) is 23.5 Å². The monoisotopic (exact) mass is 330 g/mol. The molecule has 0 aliphatic heterocycles. The van der Waals surface area contributed by atoms with Crippen LogP contribution >= 0.6 is 11.3 Å². The number of hydrogen-bond donors (Lipinski definition) is 0. The van der Waals surface area contributed by atoms with Crippen LogP contribution in [0.4, 0.5) is 18.3 Å². The van der Waals surface area contributed by atoms with Gasteiger partial charge in [0.15, 0.2) is 5.13 Å². The van der Waals surface area contributed by atoms with E-state index in [0.717, 1.165) is 11.8 Å². The maximum atomic E-state index is 12.6. The zero-order chi connectivity index (χ0) is 16.3. The summed E-state index contributed by atoms with van der Waals surface area (Å²) in [4.78, 5) is 16.0. The van der Waals surface area contributed by atoms with Crippen molar-refractivity contribution in [1.29, 1.82) is 0 Å². The molecule has 118 valence electrons. The highest BCUT2D eigenvalue weighted by Gasteiger charge is 2.33. The molecule has 22 heavy (non-hydrogen) atoms. The second-order valence-corrected chi connectivity index (χ2v) is 5.56. The number of halogens is 3. The number of thiazole rings is 1. The van der Waals surface area contributed by atoms with Crippen molar-refractivity contribution in [2.75, 3.05) is 19.1 Å². The SMILES string of the molecule is COC(=O)c1ccc(CN(C)c2ncc(C(F)(F)F)s2)cc1. The molecule has 1 aromatic heterocycles. The van der Waals surface area contributed by atoms with Crippen LogP contribution in [0.25, 0.3) is 0 Å². The molecule has 0 amide bonds. The second kappa shape index (κ2) is 6.35. The van der Waals surface area contributed by atoms with E-state index < -0.39 is 17.0 Å². The van der Waals surface area contributed by atoms with Gasteiger partial charge in [0.1, 0.15) is 4.88 Å². The quantitative estimate of drug-likeness (QED) is 0.804. The smallest absolute Gasteiger partial charge is 0.427 e. The fourth-order valence-corrected chi connectivity index (χ4v) is 2.52. The summed E-state index contributed by atoms with van der Waals surface area (Å²) in [6, 6.07) is 6.66. The Bertz CT molecular complexity index is 653. The van der Waals surface area contributed by atoms with E-state index in [-0.39, 0.29) is 5.13 Å². The number of ether oxygens (including phenoxy) is 1. The molecule has 0 unspecified atom stereocenters. The Hall–Kier alpha value is -2.09. The average Bonchev–Trinajstić information content (AvgIpc) is 2.97. The largest absolute Gasteiger partial charge is 0.465 e. The molecule has 0 radical (unpaired) electrons. The van der Waals surface area contributed by atoms with E-state index in [1.54, 1.807) is 36.2 Å². The van der Waals surface area contributed by atoms with Gasteiger partial charge >= 0.3 is 12.1 Å². The molecule has 0 fully saturated rings. The lowest BCUT2D eigenvalue weighted by atomic mass is 10.1. The molecule has 0 atom stereocenters. The van der Waals surface area contributed by atoms with E-state index in [9.17, 15) is 18.0 Å². The van der Waals surface area contributed by atoms with Gasteiger partial charge in [0, 0.05) is 13.6 Å². The maximum absolute atomic E-state index is 12.6. The van der Waals surface area contributed by atoms with Crippen molar-refractivity contribution in [1.82, 2.24) is 4.98 Å². The van der Waals surface area contributed by atoms with Crippen LogP contribution in [0.15, 0.2) is 30.5 Å². The molecule has 2 aromatic rings. The number of benzene rings is 1. The van der Waals surface area contributed by atoms with Gasteiger partial charge in [-0.05, 0) is 17.7 Å². The van der Waals surface area contributed by atoms with Gasteiger partial charge in [0.2, 0.25) is 0 Å². The van der Waals surface area contributed by atoms with E-state index in [0.29, 0.717) is 23.4 Å².